The highest BCUT2D eigenvalue weighted by Crippen LogP contribution is 2.19. The second kappa shape index (κ2) is 16.6. The summed E-state index contributed by atoms with van der Waals surface area (Å²) in [6.45, 7) is -3.72. The van der Waals surface area contributed by atoms with E-state index in [1.165, 1.54) is 0 Å². The van der Waals surface area contributed by atoms with Crippen LogP contribution in [-0.4, -0.2) is 133 Å². The maximum absolute atomic E-state index is 11.8. The molecule has 0 aromatic heterocycles. The van der Waals surface area contributed by atoms with Crippen LogP contribution in [0.5, 0.6) is 0 Å². The number of carboxylic acids is 5. The van der Waals surface area contributed by atoms with Crippen molar-refractivity contribution < 1.29 is 58.8 Å². The van der Waals surface area contributed by atoms with Gasteiger partial charge in [-0.25, -0.2) is 9.59 Å². The molecule has 0 heterocycles. The average Bonchev–Trinajstić information content (AvgIpc) is 2.80. The van der Waals surface area contributed by atoms with Crippen molar-refractivity contribution in [3.63, 3.8) is 0 Å². The van der Waals surface area contributed by atoms with E-state index in [0.29, 0.717) is 11.3 Å². The summed E-state index contributed by atoms with van der Waals surface area (Å²) in [5.74, 6) is -6.75. The fraction of sp³-hybridized carbons (Fsp3) is 0.478. The van der Waals surface area contributed by atoms with E-state index in [0.717, 1.165) is 4.90 Å². The van der Waals surface area contributed by atoms with Crippen molar-refractivity contribution in [3.8, 4) is 0 Å². The summed E-state index contributed by atoms with van der Waals surface area (Å²) in [4.78, 5) is 70.4. The Bertz CT molecular complexity index is 1000. The van der Waals surface area contributed by atoms with Crippen LogP contribution < -0.4 is 10.6 Å². The molecule has 1 amide bonds. The average molecular weight is 667 g/mol. The third kappa shape index (κ3) is 13.8. The van der Waals surface area contributed by atoms with Crippen molar-refractivity contribution in [3.05, 3.63) is 29.8 Å². The van der Waals surface area contributed by atoms with E-state index in [1.54, 1.807) is 24.3 Å². The Kier molecular flexibility index (Phi) is 14.3. The Hall–Kier alpha value is -3.35. The Morgan fingerprint density at radius 1 is 0.821 bits per heavy atom. The van der Waals surface area contributed by atoms with Gasteiger partial charge in [0.25, 0.3) is 0 Å². The molecule has 0 fully saturated rings. The van der Waals surface area contributed by atoms with E-state index in [1.807, 2.05) is 22.6 Å². The molecule has 216 valence electrons. The molecule has 0 saturated carbocycles. The molecule has 0 aliphatic rings. The van der Waals surface area contributed by atoms with Crippen molar-refractivity contribution >= 4 is 64.0 Å². The number of hydrogen-bond acceptors (Lipinski definition) is 8. The van der Waals surface area contributed by atoms with E-state index in [2.05, 4.69) is 10.6 Å². The fourth-order valence-corrected chi connectivity index (χ4v) is 4.32. The molecule has 1 atom stereocenters. The lowest BCUT2D eigenvalue weighted by molar-refractivity contribution is -0.915. The smallest absolute Gasteiger partial charge is 0.359 e. The molecule has 0 radical (unpaired) electrons. The number of aliphatic carboxylic acids is 5. The van der Waals surface area contributed by atoms with Gasteiger partial charge in [0.15, 0.2) is 13.1 Å². The molecule has 0 aliphatic heterocycles. The number of quaternary nitrogens is 1. The number of anilines is 1. The van der Waals surface area contributed by atoms with E-state index in [9.17, 15) is 49.2 Å². The van der Waals surface area contributed by atoms with Gasteiger partial charge >= 0.3 is 29.8 Å². The number of carbonyl (C=O) groups is 6. The minimum absolute atomic E-state index is 0.0306. The number of hydrogen-bond donors (Lipinski definition) is 7. The highest BCUT2D eigenvalue weighted by atomic mass is 127. The highest BCUT2D eigenvalue weighted by Gasteiger charge is 2.38. The van der Waals surface area contributed by atoms with Crippen LogP contribution >= 0.6 is 22.6 Å². The van der Waals surface area contributed by atoms with Crippen molar-refractivity contribution in [1.82, 2.24) is 10.2 Å². The molecule has 1 aromatic carbocycles. The van der Waals surface area contributed by atoms with E-state index in [4.69, 9.17) is 5.11 Å². The normalized spacial score (nSPS) is 12.1. The molecule has 0 aliphatic carbocycles. The van der Waals surface area contributed by atoms with Crippen LogP contribution in [0.3, 0.4) is 0 Å². The summed E-state index contributed by atoms with van der Waals surface area (Å²) < 4.78 is -0.378. The lowest BCUT2D eigenvalue weighted by Crippen LogP contribution is -2.62. The summed E-state index contributed by atoms with van der Waals surface area (Å²) >= 11 is 1.90. The third-order valence-corrected chi connectivity index (χ3v) is 6.29. The second-order valence-corrected chi connectivity index (χ2v) is 9.61. The lowest BCUT2D eigenvalue weighted by Gasteiger charge is -2.41. The molecule has 0 bridgehead atoms. The predicted molar refractivity (Wildman–Crippen MR) is 144 cm³/mol. The molecule has 39 heavy (non-hydrogen) atoms. The van der Waals surface area contributed by atoms with Crippen LogP contribution in [0.1, 0.15) is 5.56 Å². The molecule has 1 aromatic rings. The number of carbonyl (C=O) groups excluding carboxylic acids is 1. The van der Waals surface area contributed by atoms with Gasteiger partial charge in [0.05, 0.1) is 43.2 Å². The molecule has 0 spiro atoms. The van der Waals surface area contributed by atoms with Crippen molar-refractivity contribution in [1.29, 1.82) is 0 Å². The largest absolute Gasteiger partial charge is 0.480 e. The number of nitrogens with one attached hydrogen (secondary N) is 2. The quantitative estimate of drug-likeness (QED) is 0.0388. The Morgan fingerprint density at radius 2 is 1.36 bits per heavy atom. The van der Waals surface area contributed by atoms with Gasteiger partial charge in [0.2, 0.25) is 5.91 Å². The molecule has 15 nitrogen and oxygen atoms in total. The van der Waals surface area contributed by atoms with Crippen LogP contribution in [0.25, 0.3) is 0 Å². The fourth-order valence-electron chi connectivity index (χ4n) is 4.13. The Labute approximate surface area is 237 Å². The first kappa shape index (κ1) is 33.7. The molecular formula is C23H32IN4O11+. The Balaban J connectivity index is 3.45. The van der Waals surface area contributed by atoms with Gasteiger partial charge in [0, 0.05) is 12.2 Å². The minimum atomic E-state index is -1.34. The first-order valence-corrected chi connectivity index (χ1v) is 13.1. The number of halogens is 1. The molecule has 16 heteroatoms. The zero-order valence-electron chi connectivity index (χ0n) is 20.9. The number of alkyl halides is 1. The van der Waals surface area contributed by atoms with Crippen molar-refractivity contribution in [2.75, 3.05) is 62.1 Å². The number of benzene rings is 1. The van der Waals surface area contributed by atoms with Gasteiger partial charge in [-0.2, -0.15) is 0 Å². The zero-order chi connectivity index (χ0) is 29.6. The second-order valence-electron chi connectivity index (χ2n) is 8.85. The van der Waals surface area contributed by atoms with Crippen LogP contribution in [-0.2, 0) is 35.2 Å². The first-order chi connectivity index (χ1) is 18.2. The summed E-state index contributed by atoms with van der Waals surface area (Å²) in [5.41, 5.74) is 1.09. The van der Waals surface area contributed by atoms with Gasteiger partial charge in [-0.05, 0) is 24.1 Å². The number of nitrogens with zero attached hydrogens (tertiary/aromatic N) is 2. The van der Waals surface area contributed by atoms with Crippen molar-refractivity contribution in [2.45, 2.75) is 12.5 Å². The number of amides is 1. The first-order valence-electron chi connectivity index (χ1n) is 11.6. The van der Waals surface area contributed by atoms with Gasteiger partial charge in [-0.15, -0.1) is 0 Å². The molecule has 0 saturated heterocycles. The zero-order valence-corrected chi connectivity index (χ0v) is 23.1. The topological polar surface area (TPSA) is 231 Å². The van der Waals surface area contributed by atoms with Crippen LogP contribution in [0.15, 0.2) is 24.3 Å². The van der Waals surface area contributed by atoms with Gasteiger partial charge in [-0.3, -0.25) is 24.1 Å². The van der Waals surface area contributed by atoms with Crippen LogP contribution in [0.2, 0.25) is 0 Å². The molecule has 7 N–H and O–H groups in total. The third-order valence-electron chi connectivity index (χ3n) is 5.60. The van der Waals surface area contributed by atoms with Gasteiger partial charge in [0.1, 0.15) is 0 Å². The number of rotatable bonds is 20. The minimum Gasteiger partial charge on any atom is -0.480 e. The number of carboxylic acid groups (broad SMARTS) is 5. The Morgan fingerprint density at radius 3 is 1.79 bits per heavy atom. The summed E-state index contributed by atoms with van der Waals surface area (Å²) in [6.07, 6.45) is 0.0306. The lowest BCUT2D eigenvalue weighted by atomic mass is 10.0. The monoisotopic (exact) mass is 667 g/mol. The van der Waals surface area contributed by atoms with Crippen LogP contribution in [0.4, 0.5) is 5.69 Å². The summed E-state index contributed by atoms with van der Waals surface area (Å²) in [7, 11) is 0. The van der Waals surface area contributed by atoms with Gasteiger partial charge < -0.3 is 40.6 Å². The summed E-state index contributed by atoms with van der Waals surface area (Å²) in [5, 5.41) is 52.2. The highest BCUT2D eigenvalue weighted by molar-refractivity contribution is 14.1. The molecular weight excluding hydrogens is 635 g/mol. The van der Waals surface area contributed by atoms with Gasteiger partial charge in [-0.1, -0.05) is 34.7 Å². The SMILES string of the molecule is O=C(O)CNCC[N+](CC(=O)O)(CC(=O)O)CC(Cc1ccc(NC(=O)CI)cc1)N(CC(=O)O)CC(=O)O. The van der Waals surface area contributed by atoms with E-state index >= 15 is 0 Å². The van der Waals surface area contributed by atoms with E-state index < -0.39 is 73.1 Å². The maximum atomic E-state index is 11.8. The predicted octanol–water partition coefficient (Wildman–Crippen LogP) is -0.897. The van der Waals surface area contributed by atoms with Crippen molar-refractivity contribution in [2.24, 2.45) is 0 Å². The van der Waals surface area contributed by atoms with Crippen LogP contribution in [0, 0.1) is 0 Å². The molecule has 1 rings (SSSR count). The standard InChI is InChI=1S/C23H31IN4O11/c24-8-18(29)26-16-3-1-15(2-4-16)7-17(27(10-20(32)33)11-21(34)35)12-28(13-22(36)37,14-23(38)39)6-5-25-9-19(30)31/h1-4,17,25H,5-14H2,(H5-,26,29,30,31,32,33,34,35,36,37,38,39)/p+1. The molecule has 1 unspecified atom stereocenters. The summed E-state index contributed by atoms with van der Waals surface area (Å²) in [6, 6.07) is 5.52. The van der Waals surface area contributed by atoms with E-state index in [-0.39, 0.29) is 36.4 Å². The maximum Gasteiger partial charge on any atom is 0.359 e.